The minimum absolute atomic E-state index is 0.214. The van der Waals surface area contributed by atoms with Gasteiger partial charge in [-0.1, -0.05) is 37.4 Å². The molecule has 2 unspecified atom stereocenters. The summed E-state index contributed by atoms with van der Waals surface area (Å²) in [5, 5.41) is 3.77. The van der Waals surface area contributed by atoms with Gasteiger partial charge >= 0.3 is 0 Å². The summed E-state index contributed by atoms with van der Waals surface area (Å²) in [5.74, 6) is 0.323. The van der Waals surface area contributed by atoms with Crippen molar-refractivity contribution >= 4 is 11.6 Å². The van der Waals surface area contributed by atoms with Crippen LogP contribution in [0.4, 0.5) is 4.39 Å². The molecule has 1 fully saturated rings. The van der Waals surface area contributed by atoms with E-state index in [1.54, 1.807) is 12.1 Å². The standard InChI is InChI=1S/C15H21ClFN/c1-2-18-15-6-4-3-5-12(15)9-11-7-8-13(16)14(17)10-11/h7-8,10,12,15,18H,2-6,9H2,1H3. The first-order chi connectivity index (χ1) is 8.70. The largest absolute Gasteiger partial charge is 0.314 e. The van der Waals surface area contributed by atoms with Crippen LogP contribution in [0.2, 0.25) is 5.02 Å². The molecule has 0 saturated heterocycles. The molecule has 3 heteroatoms. The van der Waals surface area contributed by atoms with Crippen LogP contribution in [-0.4, -0.2) is 12.6 Å². The Morgan fingerprint density at radius 3 is 2.83 bits per heavy atom. The molecule has 0 heterocycles. The SMILES string of the molecule is CCNC1CCCCC1Cc1ccc(Cl)c(F)c1. The predicted molar refractivity (Wildman–Crippen MR) is 74.5 cm³/mol. The Morgan fingerprint density at radius 1 is 1.33 bits per heavy atom. The molecular formula is C15H21ClFN. The molecule has 0 amide bonds. The average Bonchev–Trinajstić information content (AvgIpc) is 2.37. The van der Waals surface area contributed by atoms with Gasteiger partial charge in [0.25, 0.3) is 0 Å². The zero-order chi connectivity index (χ0) is 13.0. The summed E-state index contributed by atoms with van der Waals surface area (Å²) in [6, 6.07) is 5.78. The fourth-order valence-electron chi connectivity index (χ4n) is 2.95. The van der Waals surface area contributed by atoms with E-state index in [4.69, 9.17) is 11.6 Å². The van der Waals surface area contributed by atoms with Crippen molar-refractivity contribution < 1.29 is 4.39 Å². The highest BCUT2D eigenvalue weighted by molar-refractivity contribution is 6.30. The Hall–Kier alpha value is -0.600. The maximum atomic E-state index is 13.4. The van der Waals surface area contributed by atoms with E-state index in [2.05, 4.69) is 12.2 Å². The zero-order valence-electron chi connectivity index (χ0n) is 10.9. The van der Waals surface area contributed by atoms with Crippen LogP contribution >= 0.6 is 11.6 Å². The number of rotatable bonds is 4. The normalized spacial score (nSPS) is 24.2. The Labute approximate surface area is 114 Å². The van der Waals surface area contributed by atoms with Crippen molar-refractivity contribution in [1.29, 1.82) is 0 Å². The molecule has 1 saturated carbocycles. The maximum Gasteiger partial charge on any atom is 0.142 e. The Morgan fingerprint density at radius 2 is 2.11 bits per heavy atom. The minimum atomic E-state index is -0.301. The molecule has 1 aromatic carbocycles. The lowest BCUT2D eigenvalue weighted by Crippen LogP contribution is -2.39. The summed E-state index contributed by atoms with van der Waals surface area (Å²) in [6.45, 7) is 3.16. The zero-order valence-corrected chi connectivity index (χ0v) is 11.6. The van der Waals surface area contributed by atoms with Crippen molar-refractivity contribution in [3.05, 3.63) is 34.6 Å². The topological polar surface area (TPSA) is 12.0 Å². The van der Waals surface area contributed by atoms with E-state index in [9.17, 15) is 4.39 Å². The molecule has 1 aromatic rings. The lowest BCUT2D eigenvalue weighted by atomic mass is 9.80. The van der Waals surface area contributed by atoms with Crippen molar-refractivity contribution in [1.82, 2.24) is 5.32 Å². The van der Waals surface area contributed by atoms with Gasteiger partial charge in [0.05, 0.1) is 5.02 Å². The minimum Gasteiger partial charge on any atom is -0.314 e. The molecule has 18 heavy (non-hydrogen) atoms. The third-order valence-electron chi connectivity index (χ3n) is 3.86. The molecule has 100 valence electrons. The van der Waals surface area contributed by atoms with Crippen molar-refractivity contribution in [2.24, 2.45) is 5.92 Å². The number of nitrogens with one attached hydrogen (secondary N) is 1. The third kappa shape index (κ3) is 3.46. The average molecular weight is 270 g/mol. The van der Waals surface area contributed by atoms with Gasteiger partial charge in [0.2, 0.25) is 0 Å². The van der Waals surface area contributed by atoms with E-state index in [-0.39, 0.29) is 10.8 Å². The van der Waals surface area contributed by atoms with Crippen molar-refractivity contribution in [3.8, 4) is 0 Å². The number of hydrogen-bond donors (Lipinski definition) is 1. The Balaban J connectivity index is 2.03. The Bertz CT molecular complexity index is 392. The second-order valence-corrected chi connectivity index (χ2v) is 5.57. The summed E-state index contributed by atoms with van der Waals surface area (Å²) in [4.78, 5) is 0. The quantitative estimate of drug-likeness (QED) is 0.864. The predicted octanol–water partition coefficient (Wildman–Crippen LogP) is 4.19. The molecule has 1 nitrogen and oxygen atoms in total. The first-order valence-corrected chi connectivity index (χ1v) is 7.25. The number of halogens is 2. The molecule has 2 rings (SSSR count). The van der Waals surface area contributed by atoms with Gasteiger partial charge in [-0.3, -0.25) is 0 Å². The van der Waals surface area contributed by atoms with Gasteiger partial charge in [0.1, 0.15) is 5.82 Å². The van der Waals surface area contributed by atoms with Crippen LogP contribution in [0.1, 0.15) is 38.2 Å². The summed E-state index contributed by atoms with van der Waals surface area (Å²) in [6.07, 6.45) is 6.04. The second kappa shape index (κ2) is 6.53. The van der Waals surface area contributed by atoms with Crippen molar-refractivity contribution in [2.45, 2.75) is 45.1 Å². The summed E-state index contributed by atoms with van der Waals surface area (Å²) in [5.41, 5.74) is 1.06. The van der Waals surface area contributed by atoms with Crippen LogP contribution in [0.5, 0.6) is 0 Å². The molecule has 0 bridgehead atoms. The van der Waals surface area contributed by atoms with Crippen LogP contribution in [0, 0.1) is 11.7 Å². The smallest absolute Gasteiger partial charge is 0.142 e. The molecule has 0 aliphatic heterocycles. The lowest BCUT2D eigenvalue weighted by molar-refractivity contribution is 0.264. The summed E-state index contributed by atoms with van der Waals surface area (Å²) in [7, 11) is 0. The molecule has 2 atom stereocenters. The number of hydrogen-bond acceptors (Lipinski definition) is 1. The second-order valence-electron chi connectivity index (χ2n) is 5.16. The molecule has 1 aliphatic carbocycles. The van der Waals surface area contributed by atoms with Crippen molar-refractivity contribution in [3.63, 3.8) is 0 Å². The Kier molecular flexibility index (Phi) is 5.02. The highest BCUT2D eigenvalue weighted by atomic mass is 35.5. The van der Waals surface area contributed by atoms with Crippen LogP contribution in [0.25, 0.3) is 0 Å². The fraction of sp³-hybridized carbons (Fsp3) is 0.600. The molecular weight excluding hydrogens is 249 g/mol. The first kappa shape index (κ1) is 13.8. The molecule has 1 aliphatic rings. The summed E-state index contributed by atoms with van der Waals surface area (Å²) < 4.78 is 13.4. The van der Waals surface area contributed by atoms with E-state index in [0.717, 1.165) is 18.5 Å². The lowest BCUT2D eigenvalue weighted by Gasteiger charge is -2.32. The van der Waals surface area contributed by atoms with Gasteiger partial charge < -0.3 is 5.32 Å². The van der Waals surface area contributed by atoms with E-state index in [1.807, 2.05) is 6.07 Å². The molecule has 0 aromatic heterocycles. The molecule has 0 radical (unpaired) electrons. The highest BCUT2D eigenvalue weighted by Crippen LogP contribution is 2.28. The monoisotopic (exact) mass is 269 g/mol. The van der Waals surface area contributed by atoms with Crippen LogP contribution in [-0.2, 0) is 6.42 Å². The van der Waals surface area contributed by atoms with E-state index in [0.29, 0.717) is 12.0 Å². The van der Waals surface area contributed by atoms with E-state index in [1.165, 1.54) is 25.7 Å². The highest BCUT2D eigenvalue weighted by Gasteiger charge is 2.24. The molecule has 0 spiro atoms. The maximum absolute atomic E-state index is 13.4. The van der Waals surface area contributed by atoms with E-state index < -0.39 is 0 Å². The van der Waals surface area contributed by atoms with Gasteiger partial charge in [0, 0.05) is 6.04 Å². The van der Waals surface area contributed by atoms with Gasteiger partial charge in [-0.05, 0) is 49.4 Å². The fourth-order valence-corrected chi connectivity index (χ4v) is 3.07. The van der Waals surface area contributed by atoms with Gasteiger partial charge in [-0.2, -0.15) is 0 Å². The van der Waals surface area contributed by atoms with Gasteiger partial charge in [-0.25, -0.2) is 4.39 Å². The first-order valence-electron chi connectivity index (χ1n) is 6.88. The molecule has 1 N–H and O–H groups in total. The van der Waals surface area contributed by atoms with E-state index >= 15 is 0 Å². The van der Waals surface area contributed by atoms with Gasteiger partial charge in [-0.15, -0.1) is 0 Å². The van der Waals surface area contributed by atoms with Crippen molar-refractivity contribution in [2.75, 3.05) is 6.54 Å². The summed E-state index contributed by atoms with van der Waals surface area (Å²) >= 11 is 5.71. The van der Waals surface area contributed by atoms with Crippen LogP contribution < -0.4 is 5.32 Å². The van der Waals surface area contributed by atoms with Gasteiger partial charge in [0.15, 0.2) is 0 Å². The van der Waals surface area contributed by atoms with Crippen LogP contribution in [0.15, 0.2) is 18.2 Å². The third-order valence-corrected chi connectivity index (χ3v) is 4.16. The van der Waals surface area contributed by atoms with Crippen LogP contribution in [0.3, 0.4) is 0 Å². The number of benzene rings is 1.